The highest BCUT2D eigenvalue weighted by Crippen LogP contribution is 2.20. The number of pyridine rings is 1. The number of aliphatic carboxylic acids is 1. The van der Waals surface area contributed by atoms with Crippen LogP contribution in [0.15, 0.2) is 60.9 Å². The van der Waals surface area contributed by atoms with Crippen molar-refractivity contribution in [3.8, 4) is 11.3 Å². The number of halogens is 1. The largest absolute Gasteiger partial charge is 0.480 e. The number of rotatable bonds is 10. The summed E-state index contributed by atoms with van der Waals surface area (Å²) in [6.45, 7) is 5.95. The van der Waals surface area contributed by atoms with Crippen LogP contribution in [-0.2, 0) is 24.2 Å². The van der Waals surface area contributed by atoms with Crippen LogP contribution < -0.4 is 10.6 Å². The molecule has 2 aromatic heterocycles. The number of imidazole rings is 1. The second-order valence-corrected chi connectivity index (χ2v) is 9.18. The van der Waals surface area contributed by atoms with Gasteiger partial charge in [0, 0.05) is 29.9 Å². The first-order valence-electron chi connectivity index (χ1n) is 12.4. The number of nitrogens with one attached hydrogen (secondary N) is 3. The number of carboxylic acid groups (broad SMARTS) is 1. The van der Waals surface area contributed by atoms with Gasteiger partial charge in [-0.3, -0.25) is 4.79 Å². The average Bonchev–Trinajstić information content (AvgIpc) is 3.36. The van der Waals surface area contributed by atoms with E-state index in [9.17, 15) is 19.1 Å². The second kappa shape index (κ2) is 11.7. The molecule has 0 aliphatic heterocycles. The lowest BCUT2D eigenvalue weighted by Gasteiger charge is -2.17. The molecule has 1 atom stereocenters. The van der Waals surface area contributed by atoms with Crippen molar-refractivity contribution in [2.45, 2.75) is 46.2 Å². The first-order chi connectivity index (χ1) is 18.2. The van der Waals surface area contributed by atoms with Crippen LogP contribution in [0.5, 0.6) is 0 Å². The Hall–Kier alpha value is -4.53. The van der Waals surface area contributed by atoms with Gasteiger partial charge in [0.15, 0.2) is 0 Å². The molecule has 0 spiro atoms. The number of carbonyl (C=O) groups excluding carboxylic acids is 1. The van der Waals surface area contributed by atoms with Crippen molar-refractivity contribution >= 4 is 17.7 Å². The Bertz CT molecular complexity index is 1450. The summed E-state index contributed by atoms with van der Waals surface area (Å²) in [6.07, 6.45) is 4.11. The van der Waals surface area contributed by atoms with E-state index < -0.39 is 23.7 Å². The number of aromatic nitrogens is 3. The molecular weight excluding hydrogens is 485 g/mol. The van der Waals surface area contributed by atoms with Crippen LogP contribution in [0.25, 0.3) is 11.3 Å². The van der Waals surface area contributed by atoms with E-state index in [1.165, 1.54) is 12.1 Å². The fourth-order valence-electron chi connectivity index (χ4n) is 4.30. The minimum atomic E-state index is -1.15. The molecule has 0 aliphatic rings. The third-order valence-corrected chi connectivity index (χ3v) is 6.27. The summed E-state index contributed by atoms with van der Waals surface area (Å²) in [7, 11) is 0. The molecule has 4 N–H and O–H groups in total. The van der Waals surface area contributed by atoms with Crippen molar-refractivity contribution in [2.24, 2.45) is 0 Å². The van der Waals surface area contributed by atoms with Crippen molar-refractivity contribution in [1.82, 2.24) is 20.3 Å². The number of carbonyl (C=O) groups is 2. The van der Waals surface area contributed by atoms with Crippen molar-refractivity contribution < 1.29 is 19.1 Å². The van der Waals surface area contributed by atoms with Crippen molar-refractivity contribution in [3.05, 3.63) is 100 Å². The van der Waals surface area contributed by atoms with Crippen LogP contribution in [-0.4, -0.2) is 38.0 Å². The molecule has 0 bridgehead atoms. The van der Waals surface area contributed by atoms with Gasteiger partial charge in [0.25, 0.3) is 5.91 Å². The molecule has 9 heteroatoms. The maximum absolute atomic E-state index is 13.8. The molecule has 38 heavy (non-hydrogen) atoms. The number of carboxylic acids is 1. The third-order valence-electron chi connectivity index (χ3n) is 6.27. The predicted molar refractivity (Wildman–Crippen MR) is 143 cm³/mol. The molecule has 196 valence electrons. The summed E-state index contributed by atoms with van der Waals surface area (Å²) >= 11 is 0. The minimum Gasteiger partial charge on any atom is -0.480 e. The van der Waals surface area contributed by atoms with Crippen LogP contribution >= 0.6 is 0 Å². The highest BCUT2D eigenvalue weighted by Gasteiger charge is 2.24. The number of amides is 1. The van der Waals surface area contributed by atoms with E-state index >= 15 is 0 Å². The van der Waals surface area contributed by atoms with E-state index in [1.807, 2.05) is 56.4 Å². The number of anilines is 1. The average molecular weight is 516 g/mol. The number of nitrogens with zero attached hydrogens (tertiary/aromatic N) is 2. The van der Waals surface area contributed by atoms with E-state index in [0.29, 0.717) is 29.7 Å². The van der Waals surface area contributed by atoms with Gasteiger partial charge in [0.05, 0.1) is 12.2 Å². The smallest absolute Gasteiger partial charge is 0.326 e. The lowest BCUT2D eigenvalue weighted by atomic mass is 9.98. The predicted octanol–water partition coefficient (Wildman–Crippen LogP) is 4.83. The third kappa shape index (κ3) is 6.42. The number of aromatic amines is 1. The van der Waals surface area contributed by atoms with Gasteiger partial charge in [-0.1, -0.05) is 31.2 Å². The Balaban J connectivity index is 1.41. The molecule has 1 amide bonds. The van der Waals surface area contributed by atoms with Crippen molar-refractivity contribution in [1.29, 1.82) is 0 Å². The Morgan fingerprint density at radius 1 is 1.11 bits per heavy atom. The standard InChI is InChI=1S/C29H30FN5O3/c1-4-20-14-22(30)12-18(3)27(20)28(36)35-23(29(37)38)13-19-5-7-21(8-6-19)24-15-32-26(34-24)16-33-25-11-17(2)9-10-31-25/h5-12,14-15,23H,4,13,16H2,1-3H3,(H,31,33)(H,32,34)(H,35,36)(H,37,38). The quantitative estimate of drug-likeness (QED) is 0.240. The monoisotopic (exact) mass is 515 g/mol. The van der Waals surface area contributed by atoms with Crippen LogP contribution in [0.4, 0.5) is 10.2 Å². The Morgan fingerprint density at radius 2 is 1.87 bits per heavy atom. The number of hydrogen-bond acceptors (Lipinski definition) is 5. The zero-order valence-corrected chi connectivity index (χ0v) is 21.5. The fourth-order valence-corrected chi connectivity index (χ4v) is 4.30. The van der Waals surface area contributed by atoms with Gasteiger partial charge < -0.3 is 20.7 Å². The molecule has 0 radical (unpaired) electrons. The SMILES string of the molecule is CCc1cc(F)cc(C)c1C(=O)NC(Cc1ccc(-c2c[nH]c(CNc3cc(C)ccn3)n2)cc1)C(=O)O. The van der Waals surface area contributed by atoms with Gasteiger partial charge in [0.1, 0.15) is 23.5 Å². The van der Waals surface area contributed by atoms with Crippen molar-refractivity contribution in [3.63, 3.8) is 0 Å². The van der Waals surface area contributed by atoms with Gasteiger partial charge in [-0.2, -0.15) is 0 Å². The normalized spacial score (nSPS) is 11.7. The van der Waals surface area contributed by atoms with Crippen LogP contribution in [0.1, 0.15) is 45.4 Å². The molecule has 1 unspecified atom stereocenters. The fraction of sp³-hybridized carbons (Fsp3) is 0.241. The number of benzene rings is 2. The molecule has 4 rings (SSSR count). The minimum absolute atomic E-state index is 0.0995. The van der Waals surface area contributed by atoms with E-state index in [-0.39, 0.29) is 6.42 Å². The molecule has 0 saturated heterocycles. The Labute approximate surface area is 220 Å². The molecule has 8 nitrogen and oxygen atoms in total. The maximum atomic E-state index is 13.8. The van der Waals surface area contributed by atoms with Gasteiger partial charge in [-0.25, -0.2) is 19.2 Å². The molecule has 0 aliphatic carbocycles. The molecule has 0 fully saturated rings. The summed E-state index contributed by atoms with van der Waals surface area (Å²) in [5.41, 5.74) is 4.81. The second-order valence-electron chi connectivity index (χ2n) is 9.18. The van der Waals surface area contributed by atoms with Crippen LogP contribution in [0, 0.1) is 19.7 Å². The van der Waals surface area contributed by atoms with Crippen LogP contribution in [0.2, 0.25) is 0 Å². The lowest BCUT2D eigenvalue weighted by molar-refractivity contribution is -0.139. The topological polar surface area (TPSA) is 120 Å². The van der Waals surface area contributed by atoms with E-state index in [0.717, 1.165) is 34.0 Å². The first-order valence-corrected chi connectivity index (χ1v) is 12.4. The highest BCUT2D eigenvalue weighted by molar-refractivity contribution is 5.99. The van der Waals surface area contributed by atoms with Gasteiger partial charge in [0.2, 0.25) is 0 Å². The van der Waals surface area contributed by atoms with E-state index in [4.69, 9.17) is 0 Å². The number of aryl methyl sites for hydroxylation is 3. The summed E-state index contributed by atoms with van der Waals surface area (Å²) in [4.78, 5) is 36.9. The van der Waals surface area contributed by atoms with Crippen molar-refractivity contribution in [2.75, 3.05) is 5.32 Å². The molecule has 4 aromatic rings. The molecule has 2 heterocycles. The number of H-pyrrole nitrogens is 1. The summed E-state index contributed by atoms with van der Waals surface area (Å²) in [5.74, 6) is -0.569. The zero-order chi connectivity index (χ0) is 27.2. The maximum Gasteiger partial charge on any atom is 0.326 e. The Kier molecular flexibility index (Phi) is 8.15. The highest BCUT2D eigenvalue weighted by atomic mass is 19.1. The van der Waals surface area contributed by atoms with Crippen LogP contribution in [0.3, 0.4) is 0 Å². The van der Waals surface area contributed by atoms with Gasteiger partial charge in [-0.05, 0) is 66.8 Å². The molecule has 2 aromatic carbocycles. The lowest BCUT2D eigenvalue weighted by Crippen LogP contribution is -2.42. The zero-order valence-electron chi connectivity index (χ0n) is 21.5. The molecular formula is C29H30FN5O3. The summed E-state index contributed by atoms with van der Waals surface area (Å²) < 4.78 is 13.8. The summed E-state index contributed by atoms with van der Waals surface area (Å²) in [6, 6.07) is 12.7. The number of hydrogen-bond donors (Lipinski definition) is 4. The van der Waals surface area contributed by atoms with E-state index in [2.05, 4.69) is 25.6 Å². The first kappa shape index (κ1) is 26.5. The van der Waals surface area contributed by atoms with Gasteiger partial charge >= 0.3 is 5.97 Å². The Morgan fingerprint density at radius 3 is 2.55 bits per heavy atom. The summed E-state index contributed by atoms with van der Waals surface area (Å²) in [5, 5.41) is 15.6. The molecule has 0 saturated carbocycles. The van der Waals surface area contributed by atoms with E-state index in [1.54, 1.807) is 13.1 Å². The van der Waals surface area contributed by atoms with Gasteiger partial charge in [-0.15, -0.1) is 0 Å².